The lowest BCUT2D eigenvalue weighted by atomic mass is 9.87. The maximum atomic E-state index is 11.6. The van der Waals surface area contributed by atoms with Gasteiger partial charge in [-0.2, -0.15) is 0 Å². The summed E-state index contributed by atoms with van der Waals surface area (Å²) in [6, 6.07) is 0. The van der Waals surface area contributed by atoms with Crippen LogP contribution in [0.2, 0.25) is 0 Å². The van der Waals surface area contributed by atoms with Gasteiger partial charge in [-0.1, -0.05) is 13.2 Å². The van der Waals surface area contributed by atoms with Crippen LogP contribution in [-0.2, 0) is 9.59 Å². The van der Waals surface area contributed by atoms with Crippen molar-refractivity contribution in [1.82, 2.24) is 0 Å². The van der Waals surface area contributed by atoms with Crippen LogP contribution >= 0.6 is 0 Å². The molecule has 3 nitrogen and oxygen atoms in total. The van der Waals surface area contributed by atoms with Gasteiger partial charge in [-0.25, -0.2) is 0 Å². The van der Waals surface area contributed by atoms with Crippen molar-refractivity contribution in [3.05, 3.63) is 25.3 Å². The largest absolute Gasteiger partial charge is 0.393 e. The van der Waals surface area contributed by atoms with Crippen molar-refractivity contribution in [2.45, 2.75) is 31.8 Å². The van der Waals surface area contributed by atoms with Crippen molar-refractivity contribution >= 4 is 11.6 Å². The van der Waals surface area contributed by atoms with E-state index in [2.05, 4.69) is 13.2 Å². The van der Waals surface area contributed by atoms with E-state index in [0.29, 0.717) is 25.7 Å². The van der Waals surface area contributed by atoms with E-state index >= 15 is 0 Å². The molecular formula is C13H18O3. The van der Waals surface area contributed by atoms with Gasteiger partial charge in [0.2, 0.25) is 0 Å². The number of hydrogen-bond donors (Lipinski definition) is 1. The number of rotatable bonds is 4. The fourth-order valence-electron chi connectivity index (χ4n) is 2.22. The van der Waals surface area contributed by atoms with Gasteiger partial charge in [-0.15, -0.1) is 0 Å². The lowest BCUT2D eigenvalue weighted by Gasteiger charge is -2.15. The van der Waals surface area contributed by atoms with Gasteiger partial charge in [0, 0.05) is 11.8 Å². The van der Waals surface area contributed by atoms with E-state index in [1.807, 2.05) is 0 Å². The Morgan fingerprint density at radius 1 is 1.00 bits per heavy atom. The maximum absolute atomic E-state index is 11.6. The zero-order valence-electron chi connectivity index (χ0n) is 9.39. The molecule has 1 rings (SSSR count). The van der Waals surface area contributed by atoms with Crippen LogP contribution < -0.4 is 0 Å². The molecule has 16 heavy (non-hydrogen) atoms. The van der Waals surface area contributed by atoms with Gasteiger partial charge in [0.1, 0.15) is 0 Å². The summed E-state index contributed by atoms with van der Waals surface area (Å²) < 4.78 is 0. The Kier molecular flexibility index (Phi) is 4.62. The highest BCUT2D eigenvalue weighted by Gasteiger charge is 2.30. The number of ketones is 2. The third-order valence-corrected chi connectivity index (χ3v) is 3.18. The third kappa shape index (κ3) is 3.14. The predicted octanol–water partition coefficient (Wildman–Crippen LogP) is 1.66. The van der Waals surface area contributed by atoms with Crippen LogP contribution in [0, 0.1) is 11.8 Å². The monoisotopic (exact) mass is 222 g/mol. The number of hydrogen-bond acceptors (Lipinski definition) is 3. The molecule has 3 unspecified atom stereocenters. The van der Waals surface area contributed by atoms with E-state index in [1.54, 1.807) is 0 Å². The summed E-state index contributed by atoms with van der Waals surface area (Å²) in [7, 11) is 0. The Balaban J connectivity index is 2.77. The van der Waals surface area contributed by atoms with Crippen molar-refractivity contribution in [3.63, 3.8) is 0 Å². The van der Waals surface area contributed by atoms with E-state index in [-0.39, 0.29) is 23.4 Å². The van der Waals surface area contributed by atoms with Crippen LogP contribution in [0.4, 0.5) is 0 Å². The molecule has 0 bridgehead atoms. The second-order valence-electron chi connectivity index (χ2n) is 4.31. The summed E-state index contributed by atoms with van der Waals surface area (Å²) in [5.41, 5.74) is 0. The quantitative estimate of drug-likeness (QED) is 0.581. The minimum Gasteiger partial charge on any atom is -0.393 e. The second-order valence-corrected chi connectivity index (χ2v) is 4.31. The molecule has 1 aliphatic carbocycles. The SMILES string of the molecule is C=CC(=O)C1CCC(O)CC(C(=O)C=C)C1. The zero-order valence-corrected chi connectivity index (χ0v) is 9.39. The molecular weight excluding hydrogens is 204 g/mol. The van der Waals surface area contributed by atoms with Crippen molar-refractivity contribution in [2.24, 2.45) is 11.8 Å². The predicted molar refractivity (Wildman–Crippen MR) is 61.9 cm³/mol. The van der Waals surface area contributed by atoms with E-state index in [0.717, 1.165) is 0 Å². The highest BCUT2D eigenvalue weighted by molar-refractivity contribution is 5.94. The third-order valence-electron chi connectivity index (χ3n) is 3.18. The molecule has 0 aromatic rings. The molecule has 0 aromatic carbocycles. The highest BCUT2D eigenvalue weighted by Crippen LogP contribution is 2.29. The molecule has 0 radical (unpaired) electrons. The molecule has 1 aliphatic rings. The summed E-state index contributed by atoms with van der Waals surface area (Å²) in [6.07, 6.45) is 4.24. The topological polar surface area (TPSA) is 54.4 Å². The average molecular weight is 222 g/mol. The summed E-state index contributed by atoms with van der Waals surface area (Å²) in [5, 5.41) is 9.65. The average Bonchev–Trinajstić information content (AvgIpc) is 2.49. The molecule has 0 heterocycles. The lowest BCUT2D eigenvalue weighted by Crippen LogP contribution is -2.20. The standard InChI is InChI=1S/C13H18O3/c1-3-12(15)9-5-6-11(14)8-10(7-9)13(16)4-2/h3-4,9-11,14H,1-2,5-8H2. The van der Waals surface area contributed by atoms with Gasteiger partial charge in [-0.3, -0.25) is 9.59 Å². The second kappa shape index (κ2) is 5.75. The Hall–Kier alpha value is -1.22. The van der Waals surface area contributed by atoms with Crippen molar-refractivity contribution in [1.29, 1.82) is 0 Å². The minimum atomic E-state index is -0.489. The first-order chi connectivity index (χ1) is 7.58. The molecule has 1 N–H and O–H groups in total. The van der Waals surface area contributed by atoms with E-state index in [1.165, 1.54) is 12.2 Å². The van der Waals surface area contributed by atoms with Crippen LogP contribution in [-0.4, -0.2) is 22.8 Å². The first-order valence-electron chi connectivity index (χ1n) is 5.59. The zero-order chi connectivity index (χ0) is 12.1. The van der Waals surface area contributed by atoms with Crippen molar-refractivity contribution in [2.75, 3.05) is 0 Å². The molecule has 3 heteroatoms. The Morgan fingerprint density at radius 2 is 1.56 bits per heavy atom. The summed E-state index contributed by atoms with van der Waals surface area (Å²) in [4.78, 5) is 23.1. The molecule has 0 amide bonds. The maximum Gasteiger partial charge on any atom is 0.158 e. The molecule has 3 atom stereocenters. The van der Waals surface area contributed by atoms with Crippen LogP contribution in [0.3, 0.4) is 0 Å². The first kappa shape index (κ1) is 12.8. The number of carbonyl (C=O) groups excluding carboxylic acids is 2. The number of aliphatic hydroxyl groups is 1. The van der Waals surface area contributed by atoms with E-state index in [4.69, 9.17) is 0 Å². The Labute approximate surface area is 95.9 Å². The number of carbonyl (C=O) groups is 2. The van der Waals surface area contributed by atoms with Gasteiger partial charge in [0.25, 0.3) is 0 Å². The van der Waals surface area contributed by atoms with Crippen LogP contribution in [0.5, 0.6) is 0 Å². The Morgan fingerprint density at radius 3 is 2.12 bits per heavy atom. The van der Waals surface area contributed by atoms with Crippen molar-refractivity contribution < 1.29 is 14.7 Å². The molecule has 0 spiro atoms. The fourth-order valence-corrected chi connectivity index (χ4v) is 2.22. The van der Waals surface area contributed by atoms with Crippen molar-refractivity contribution in [3.8, 4) is 0 Å². The van der Waals surface area contributed by atoms with Crippen LogP contribution in [0.1, 0.15) is 25.7 Å². The smallest absolute Gasteiger partial charge is 0.158 e. The van der Waals surface area contributed by atoms with Gasteiger partial charge in [-0.05, 0) is 37.8 Å². The minimum absolute atomic E-state index is 0.0315. The van der Waals surface area contributed by atoms with E-state index < -0.39 is 6.10 Å². The molecule has 88 valence electrons. The molecule has 0 aliphatic heterocycles. The Bertz CT molecular complexity index is 306. The number of allylic oxidation sites excluding steroid dienone is 2. The van der Waals surface area contributed by atoms with Gasteiger partial charge in [0.15, 0.2) is 11.6 Å². The van der Waals surface area contributed by atoms with Gasteiger partial charge < -0.3 is 5.11 Å². The number of aliphatic hydroxyl groups excluding tert-OH is 1. The molecule has 0 saturated heterocycles. The lowest BCUT2D eigenvalue weighted by molar-refractivity contribution is -0.121. The molecule has 1 saturated carbocycles. The van der Waals surface area contributed by atoms with E-state index in [9.17, 15) is 14.7 Å². The summed E-state index contributed by atoms with van der Waals surface area (Å²) in [6.45, 7) is 6.90. The summed E-state index contributed by atoms with van der Waals surface area (Å²) in [5.74, 6) is -0.564. The van der Waals surface area contributed by atoms with Crippen LogP contribution in [0.15, 0.2) is 25.3 Å². The molecule has 0 aromatic heterocycles. The highest BCUT2D eigenvalue weighted by atomic mass is 16.3. The summed E-state index contributed by atoms with van der Waals surface area (Å²) >= 11 is 0. The normalized spacial score (nSPS) is 30.2. The fraction of sp³-hybridized carbons (Fsp3) is 0.538. The van der Waals surface area contributed by atoms with Crippen LogP contribution in [0.25, 0.3) is 0 Å². The van der Waals surface area contributed by atoms with Gasteiger partial charge in [0.05, 0.1) is 6.10 Å². The van der Waals surface area contributed by atoms with Gasteiger partial charge >= 0.3 is 0 Å². The molecule has 1 fully saturated rings. The first-order valence-corrected chi connectivity index (χ1v) is 5.59.